The molecule has 0 heterocycles. The van der Waals surface area contributed by atoms with Gasteiger partial charge >= 0.3 is 5.97 Å². The highest BCUT2D eigenvalue weighted by atomic mass is 19.1. The lowest BCUT2D eigenvalue weighted by Crippen LogP contribution is -2.21. The Labute approximate surface area is 133 Å². The smallest absolute Gasteiger partial charge is 0.342 e. The minimum atomic E-state index is -0.833. The molecule has 0 aliphatic heterocycles. The Bertz CT molecular complexity index is 713. The number of anilines is 1. The lowest BCUT2D eigenvalue weighted by atomic mass is 10.2. The molecule has 0 bridgehead atoms. The predicted octanol–water partition coefficient (Wildman–Crippen LogP) is 2.94. The van der Waals surface area contributed by atoms with Gasteiger partial charge in [0.1, 0.15) is 17.1 Å². The predicted molar refractivity (Wildman–Crippen MR) is 83.0 cm³/mol. The molecule has 5 nitrogen and oxygen atoms in total. The van der Waals surface area contributed by atoms with Crippen molar-refractivity contribution in [2.45, 2.75) is 6.92 Å². The number of hydrogen-bond acceptors (Lipinski definition) is 4. The summed E-state index contributed by atoms with van der Waals surface area (Å²) in [5.41, 5.74) is 1.59. The van der Waals surface area contributed by atoms with Crippen LogP contribution in [0.2, 0.25) is 0 Å². The van der Waals surface area contributed by atoms with E-state index >= 15 is 0 Å². The Kier molecular flexibility index (Phi) is 5.30. The van der Waals surface area contributed by atoms with Crippen LogP contribution >= 0.6 is 0 Å². The topological polar surface area (TPSA) is 64.6 Å². The maximum absolute atomic E-state index is 13.2. The summed E-state index contributed by atoms with van der Waals surface area (Å²) in [5.74, 6) is -1.74. The van der Waals surface area contributed by atoms with Crippen molar-refractivity contribution in [1.82, 2.24) is 0 Å². The second kappa shape index (κ2) is 7.40. The van der Waals surface area contributed by atoms with E-state index in [9.17, 15) is 14.0 Å². The van der Waals surface area contributed by atoms with Crippen molar-refractivity contribution < 1.29 is 23.5 Å². The van der Waals surface area contributed by atoms with Gasteiger partial charge in [-0.2, -0.15) is 0 Å². The van der Waals surface area contributed by atoms with E-state index in [2.05, 4.69) is 5.32 Å². The Morgan fingerprint density at radius 3 is 2.48 bits per heavy atom. The number of hydrogen-bond donors (Lipinski definition) is 1. The molecule has 0 atom stereocenters. The van der Waals surface area contributed by atoms with Crippen molar-refractivity contribution >= 4 is 17.6 Å². The average molecular weight is 317 g/mol. The Hall–Kier alpha value is -2.89. The van der Waals surface area contributed by atoms with Gasteiger partial charge in [0.25, 0.3) is 5.91 Å². The molecule has 0 saturated carbocycles. The number of methoxy groups -OCH3 is 1. The van der Waals surface area contributed by atoms with Crippen LogP contribution in [0.5, 0.6) is 5.75 Å². The maximum Gasteiger partial charge on any atom is 0.342 e. The molecule has 0 aromatic heterocycles. The van der Waals surface area contributed by atoms with Crippen molar-refractivity contribution in [2.24, 2.45) is 0 Å². The molecule has 0 saturated heterocycles. The lowest BCUT2D eigenvalue weighted by Gasteiger charge is -2.09. The number of amides is 1. The van der Waals surface area contributed by atoms with E-state index in [1.54, 1.807) is 12.1 Å². The Morgan fingerprint density at radius 1 is 1.13 bits per heavy atom. The zero-order valence-electron chi connectivity index (χ0n) is 12.8. The molecule has 120 valence electrons. The number of nitrogens with one attached hydrogen (secondary N) is 1. The van der Waals surface area contributed by atoms with Gasteiger partial charge in [-0.25, -0.2) is 9.18 Å². The van der Waals surface area contributed by atoms with Crippen molar-refractivity contribution in [1.29, 1.82) is 0 Å². The van der Waals surface area contributed by atoms with Gasteiger partial charge in [-0.3, -0.25) is 4.79 Å². The molecule has 1 N–H and O–H groups in total. The van der Waals surface area contributed by atoms with Gasteiger partial charge in [0.05, 0.1) is 7.11 Å². The first-order valence-electron chi connectivity index (χ1n) is 6.87. The molecule has 0 aliphatic rings. The highest BCUT2D eigenvalue weighted by Crippen LogP contribution is 2.20. The molecule has 1 amide bonds. The summed E-state index contributed by atoms with van der Waals surface area (Å²) < 4.78 is 23.1. The van der Waals surface area contributed by atoms with Crippen LogP contribution in [0, 0.1) is 12.7 Å². The minimum Gasteiger partial charge on any atom is -0.496 e. The van der Waals surface area contributed by atoms with E-state index in [1.807, 2.05) is 19.1 Å². The number of halogens is 1. The van der Waals surface area contributed by atoms with Gasteiger partial charge in [-0.15, -0.1) is 0 Å². The fraction of sp³-hybridized carbons (Fsp3) is 0.176. The minimum absolute atomic E-state index is 0.0735. The lowest BCUT2D eigenvalue weighted by molar-refractivity contribution is -0.119. The molecule has 23 heavy (non-hydrogen) atoms. The average Bonchev–Trinajstić information content (AvgIpc) is 2.54. The molecular weight excluding hydrogens is 301 g/mol. The second-order valence-corrected chi connectivity index (χ2v) is 4.83. The molecule has 0 spiro atoms. The first-order valence-corrected chi connectivity index (χ1v) is 6.87. The van der Waals surface area contributed by atoms with Crippen LogP contribution in [-0.4, -0.2) is 25.6 Å². The highest BCUT2D eigenvalue weighted by Gasteiger charge is 2.16. The molecule has 2 aromatic carbocycles. The highest BCUT2D eigenvalue weighted by molar-refractivity contribution is 5.96. The number of carbonyl (C=O) groups excluding carboxylic acids is 2. The van der Waals surface area contributed by atoms with E-state index in [0.717, 1.165) is 11.6 Å². The van der Waals surface area contributed by atoms with Crippen molar-refractivity contribution in [3.8, 4) is 5.75 Å². The number of aryl methyl sites for hydroxylation is 1. The van der Waals surface area contributed by atoms with Crippen LogP contribution in [0.3, 0.4) is 0 Å². The van der Waals surface area contributed by atoms with Crippen LogP contribution < -0.4 is 10.1 Å². The first-order chi connectivity index (χ1) is 11.0. The standard InChI is InChI=1S/C17H16FNO4/c1-11-3-6-13(7-4-11)19-16(20)10-23-17(21)14-9-12(18)5-8-15(14)22-2/h3-9H,10H2,1-2H3,(H,19,20). The molecule has 0 fully saturated rings. The fourth-order valence-corrected chi connectivity index (χ4v) is 1.88. The van der Waals surface area contributed by atoms with Gasteiger partial charge in [-0.05, 0) is 37.3 Å². The van der Waals surface area contributed by atoms with E-state index in [0.29, 0.717) is 5.69 Å². The zero-order chi connectivity index (χ0) is 16.8. The number of esters is 1. The van der Waals surface area contributed by atoms with Gasteiger partial charge in [0, 0.05) is 5.69 Å². The van der Waals surface area contributed by atoms with E-state index in [-0.39, 0.29) is 11.3 Å². The number of rotatable bonds is 5. The monoisotopic (exact) mass is 317 g/mol. The summed E-state index contributed by atoms with van der Waals surface area (Å²) in [6, 6.07) is 10.7. The summed E-state index contributed by atoms with van der Waals surface area (Å²) in [6.45, 7) is 1.45. The quantitative estimate of drug-likeness (QED) is 0.861. The SMILES string of the molecule is COc1ccc(F)cc1C(=O)OCC(=O)Nc1ccc(C)cc1. The second-order valence-electron chi connectivity index (χ2n) is 4.83. The normalized spacial score (nSPS) is 10.0. The molecule has 6 heteroatoms. The maximum atomic E-state index is 13.2. The van der Waals surface area contributed by atoms with Gasteiger partial charge in [0.15, 0.2) is 6.61 Å². The van der Waals surface area contributed by atoms with Crippen molar-refractivity contribution in [2.75, 3.05) is 19.0 Å². The largest absolute Gasteiger partial charge is 0.496 e. The third-order valence-electron chi connectivity index (χ3n) is 3.05. The number of benzene rings is 2. The molecular formula is C17H16FNO4. The van der Waals surface area contributed by atoms with Crippen LogP contribution in [0.25, 0.3) is 0 Å². The number of ether oxygens (including phenoxy) is 2. The van der Waals surface area contributed by atoms with Gasteiger partial charge in [0.2, 0.25) is 0 Å². The summed E-state index contributed by atoms with van der Waals surface area (Å²) in [6.07, 6.45) is 0. The summed E-state index contributed by atoms with van der Waals surface area (Å²) in [4.78, 5) is 23.7. The van der Waals surface area contributed by atoms with Gasteiger partial charge < -0.3 is 14.8 Å². The Morgan fingerprint density at radius 2 is 1.83 bits per heavy atom. The van der Waals surface area contributed by atoms with Crippen molar-refractivity contribution in [3.05, 3.63) is 59.4 Å². The van der Waals surface area contributed by atoms with Crippen LogP contribution in [-0.2, 0) is 9.53 Å². The third kappa shape index (κ3) is 4.54. The Balaban J connectivity index is 1.95. The molecule has 2 aromatic rings. The molecule has 0 radical (unpaired) electrons. The van der Waals surface area contributed by atoms with Crippen LogP contribution in [0.4, 0.5) is 10.1 Å². The number of carbonyl (C=O) groups is 2. The molecule has 2 rings (SSSR count). The van der Waals surface area contributed by atoms with Gasteiger partial charge in [-0.1, -0.05) is 17.7 Å². The van der Waals surface area contributed by atoms with E-state index in [1.165, 1.54) is 19.2 Å². The first kappa shape index (κ1) is 16.5. The summed E-state index contributed by atoms with van der Waals surface area (Å²) in [7, 11) is 1.36. The zero-order valence-corrected chi connectivity index (χ0v) is 12.8. The summed E-state index contributed by atoms with van der Waals surface area (Å²) in [5, 5.41) is 2.59. The fourth-order valence-electron chi connectivity index (χ4n) is 1.88. The van der Waals surface area contributed by atoms with Crippen molar-refractivity contribution in [3.63, 3.8) is 0 Å². The third-order valence-corrected chi connectivity index (χ3v) is 3.05. The summed E-state index contributed by atoms with van der Waals surface area (Å²) >= 11 is 0. The molecule has 0 unspecified atom stereocenters. The van der Waals surface area contributed by atoms with E-state index in [4.69, 9.17) is 9.47 Å². The van der Waals surface area contributed by atoms with E-state index < -0.39 is 24.3 Å². The molecule has 0 aliphatic carbocycles. The van der Waals surface area contributed by atoms with Crippen LogP contribution in [0.15, 0.2) is 42.5 Å². The van der Waals surface area contributed by atoms with Crippen LogP contribution in [0.1, 0.15) is 15.9 Å².